The number of nitrogens with one attached hydrogen (secondary N) is 4. The molecule has 6 aromatic rings. The number of carbonyl (C=O) groups excluding carboxylic acids is 4. The van der Waals surface area contributed by atoms with Gasteiger partial charge in [-0.25, -0.2) is 0 Å². The van der Waals surface area contributed by atoms with Crippen molar-refractivity contribution in [2.45, 2.75) is 66.2 Å². The van der Waals surface area contributed by atoms with Gasteiger partial charge in [-0.1, -0.05) is 50.9 Å². The van der Waals surface area contributed by atoms with Crippen molar-refractivity contribution in [3.8, 4) is 23.0 Å². The van der Waals surface area contributed by atoms with Crippen LogP contribution in [0.3, 0.4) is 0 Å². The first kappa shape index (κ1) is 44.5. The van der Waals surface area contributed by atoms with Crippen LogP contribution in [-0.4, -0.2) is 56.8 Å². The molecule has 0 radical (unpaired) electrons. The number of aryl methyl sites for hydroxylation is 2. The van der Waals surface area contributed by atoms with Crippen molar-refractivity contribution >= 4 is 103 Å². The van der Waals surface area contributed by atoms with Crippen LogP contribution in [0.25, 0.3) is 21.8 Å². The number of amides is 2. The van der Waals surface area contributed by atoms with Gasteiger partial charge in [0.25, 0.3) is 0 Å². The average molecular weight is 824 g/mol. The summed E-state index contributed by atoms with van der Waals surface area (Å²) in [5, 5.41) is 28.8. The fourth-order valence-corrected chi connectivity index (χ4v) is 6.71. The summed E-state index contributed by atoms with van der Waals surface area (Å²) in [5.41, 5.74) is 6.66. The zero-order valence-corrected chi connectivity index (χ0v) is 35.2. The summed E-state index contributed by atoms with van der Waals surface area (Å²) in [7, 11) is 0. The van der Waals surface area contributed by atoms with E-state index in [0.29, 0.717) is 67.4 Å². The van der Waals surface area contributed by atoms with Crippen molar-refractivity contribution in [3.05, 3.63) is 105 Å². The van der Waals surface area contributed by atoms with Gasteiger partial charge in [-0.05, 0) is 109 Å². The second-order valence-electron chi connectivity index (χ2n) is 13.8. The summed E-state index contributed by atoms with van der Waals surface area (Å²) in [6.07, 6.45) is 2.57. The number of aromatic nitrogens is 2. The molecule has 0 aliphatic heterocycles. The SMILES string of the molecule is Cc1cc(NC(=O)CC(=O)[O-])cc(Cl)c1Oc1ccc2[nH]cc(C(C)C)c2c1.Cc1cc(NC(=O)CC(=O)[O-])cc(Cl)c1Oc1ccc2[nH]cc(C(C)C)c2c1.[Mg+2]. The van der Waals surface area contributed by atoms with Crippen LogP contribution in [0.5, 0.6) is 23.0 Å². The van der Waals surface area contributed by atoms with E-state index in [1.54, 1.807) is 26.0 Å². The van der Waals surface area contributed by atoms with Gasteiger partial charge < -0.3 is 49.9 Å². The van der Waals surface area contributed by atoms with E-state index in [0.717, 1.165) is 21.8 Å². The van der Waals surface area contributed by atoms with Crippen LogP contribution in [0.15, 0.2) is 73.1 Å². The zero-order chi connectivity index (χ0) is 40.8. The first-order valence-electron chi connectivity index (χ1n) is 17.7. The molecule has 2 heterocycles. The van der Waals surface area contributed by atoms with Crippen molar-refractivity contribution in [3.63, 3.8) is 0 Å². The maximum absolute atomic E-state index is 11.6. The fraction of sp³-hybridized carbons (Fsp3) is 0.238. The quantitative estimate of drug-likeness (QED) is 0.0709. The molecule has 0 unspecified atom stereocenters. The van der Waals surface area contributed by atoms with Crippen molar-refractivity contribution in [1.82, 2.24) is 9.97 Å². The topological polar surface area (TPSA) is 188 Å². The monoisotopic (exact) mass is 822 g/mol. The second-order valence-corrected chi connectivity index (χ2v) is 14.6. The normalized spacial score (nSPS) is 10.8. The van der Waals surface area contributed by atoms with Crippen molar-refractivity contribution < 1.29 is 38.9 Å². The Hall–Kier alpha value is -5.21. The molecule has 0 saturated heterocycles. The summed E-state index contributed by atoms with van der Waals surface area (Å²) in [5.74, 6) is -1.26. The van der Waals surface area contributed by atoms with Crippen LogP contribution in [-0.2, 0) is 19.2 Å². The predicted octanol–water partition coefficient (Wildman–Crippen LogP) is 7.87. The second kappa shape index (κ2) is 19.3. The molecule has 0 bridgehead atoms. The number of hydrogen-bond acceptors (Lipinski definition) is 8. The van der Waals surface area contributed by atoms with Gasteiger partial charge in [0.1, 0.15) is 23.0 Å². The van der Waals surface area contributed by atoms with E-state index in [4.69, 9.17) is 32.7 Å². The van der Waals surface area contributed by atoms with Gasteiger partial charge in [0.15, 0.2) is 0 Å². The van der Waals surface area contributed by atoms with Crippen LogP contribution in [0, 0.1) is 13.8 Å². The molecule has 0 aliphatic carbocycles. The Morgan fingerprint density at radius 2 is 1.00 bits per heavy atom. The van der Waals surface area contributed by atoms with Crippen LogP contribution >= 0.6 is 23.2 Å². The van der Waals surface area contributed by atoms with Crippen LogP contribution in [0.2, 0.25) is 10.0 Å². The maximum Gasteiger partial charge on any atom is 2.00 e. The van der Waals surface area contributed by atoms with Gasteiger partial charge in [0.05, 0.1) is 34.8 Å². The first-order valence-corrected chi connectivity index (χ1v) is 18.4. The number of hydrogen-bond donors (Lipinski definition) is 4. The largest absolute Gasteiger partial charge is 2.00 e. The Labute approximate surface area is 355 Å². The number of fused-ring (bicyclic) bond motifs is 2. The summed E-state index contributed by atoms with van der Waals surface area (Å²) in [6.45, 7) is 12.1. The number of rotatable bonds is 12. The third kappa shape index (κ3) is 11.4. The molecule has 0 aliphatic rings. The minimum atomic E-state index is -1.44. The molecule has 0 spiro atoms. The molecule has 2 aromatic heterocycles. The van der Waals surface area contributed by atoms with Gasteiger partial charge >= 0.3 is 23.1 Å². The number of carbonyl (C=O) groups is 4. The number of ether oxygens (including phenoxy) is 2. The minimum absolute atomic E-state index is 0. The molecule has 6 rings (SSSR count). The molecule has 0 fully saturated rings. The van der Waals surface area contributed by atoms with Crippen molar-refractivity contribution in [2.75, 3.05) is 10.6 Å². The third-order valence-electron chi connectivity index (χ3n) is 8.69. The van der Waals surface area contributed by atoms with E-state index in [2.05, 4.69) is 48.3 Å². The smallest absolute Gasteiger partial charge is 0.550 e. The van der Waals surface area contributed by atoms with Gasteiger partial charge in [0, 0.05) is 45.6 Å². The molecular weight excluding hydrogens is 784 g/mol. The van der Waals surface area contributed by atoms with E-state index in [1.165, 1.54) is 23.3 Å². The Bertz CT molecular complexity index is 2240. The van der Waals surface area contributed by atoms with Gasteiger partial charge in [-0.2, -0.15) is 0 Å². The molecule has 12 nitrogen and oxygen atoms in total. The molecule has 4 aromatic carbocycles. The number of aromatic amines is 2. The zero-order valence-electron chi connectivity index (χ0n) is 32.2. The molecular formula is C42H40Cl2MgN4O8. The predicted molar refractivity (Wildman–Crippen MR) is 220 cm³/mol. The Balaban J connectivity index is 0.000000248. The van der Waals surface area contributed by atoms with Gasteiger partial charge in [0.2, 0.25) is 11.8 Å². The summed E-state index contributed by atoms with van der Waals surface area (Å²) in [4.78, 5) is 50.7. The summed E-state index contributed by atoms with van der Waals surface area (Å²) in [6, 6.07) is 17.9. The number of halogens is 2. The van der Waals surface area contributed by atoms with Crippen LogP contribution in [0.4, 0.5) is 11.4 Å². The van der Waals surface area contributed by atoms with E-state index in [9.17, 15) is 29.4 Å². The number of anilines is 2. The Kier molecular flexibility index (Phi) is 15.1. The number of H-pyrrole nitrogens is 2. The number of aliphatic carboxylic acids is 2. The van der Waals surface area contributed by atoms with Crippen LogP contribution < -0.4 is 30.3 Å². The van der Waals surface area contributed by atoms with Crippen LogP contribution in [0.1, 0.15) is 74.6 Å². The standard InChI is InChI=1S/2C21H21ClN2O4.Mg/c2*1-11(2)16-10-23-18-5-4-14(8-15(16)18)28-21-12(3)6-13(7-17(21)22)24-19(25)9-20(26)27;/h2*4-8,10-11,23H,9H2,1-3H3,(H,24,25)(H,26,27);/q;;+2/p-2. The summed E-state index contributed by atoms with van der Waals surface area (Å²) < 4.78 is 12.0. The Morgan fingerprint density at radius 1 is 0.632 bits per heavy atom. The first-order chi connectivity index (χ1) is 26.5. The van der Waals surface area contributed by atoms with E-state index in [-0.39, 0.29) is 23.1 Å². The van der Waals surface area contributed by atoms with E-state index < -0.39 is 36.6 Å². The third-order valence-corrected chi connectivity index (χ3v) is 9.25. The maximum atomic E-state index is 11.6. The molecule has 0 saturated carbocycles. The number of carboxylic acids is 2. The van der Waals surface area contributed by atoms with E-state index in [1.807, 2.05) is 48.8 Å². The summed E-state index contributed by atoms with van der Waals surface area (Å²) >= 11 is 12.7. The number of carboxylic acid groups (broad SMARTS) is 2. The number of benzene rings is 4. The van der Waals surface area contributed by atoms with Gasteiger partial charge in [-0.15, -0.1) is 0 Å². The molecule has 57 heavy (non-hydrogen) atoms. The van der Waals surface area contributed by atoms with Crippen molar-refractivity contribution in [1.29, 1.82) is 0 Å². The fourth-order valence-electron chi connectivity index (χ4n) is 6.10. The van der Waals surface area contributed by atoms with Gasteiger partial charge in [-0.3, -0.25) is 9.59 Å². The molecule has 292 valence electrons. The van der Waals surface area contributed by atoms with E-state index >= 15 is 0 Å². The molecule has 0 atom stereocenters. The van der Waals surface area contributed by atoms with Crippen molar-refractivity contribution in [2.24, 2.45) is 0 Å². The average Bonchev–Trinajstić information content (AvgIpc) is 3.72. The molecule has 15 heteroatoms. The molecule has 4 N–H and O–H groups in total. The Morgan fingerprint density at radius 3 is 1.32 bits per heavy atom. The molecule has 2 amide bonds. The minimum Gasteiger partial charge on any atom is -0.550 e.